The minimum absolute atomic E-state index is 0.156. The smallest absolute Gasteiger partial charge is 0.340 e. The summed E-state index contributed by atoms with van der Waals surface area (Å²) in [7, 11) is 0. The molecule has 5 heteroatoms. The third-order valence-corrected chi connectivity index (χ3v) is 2.86. The Labute approximate surface area is 114 Å². The lowest BCUT2D eigenvalue weighted by atomic mass is 10.2. The number of nitrogen functional groups attached to an aromatic ring is 1. The first-order valence-electron chi connectivity index (χ1n) is 5.53. The molecule has 2 aromatic carbocycles. The van der Waals surface area contributed by atoms with Gasteiger partial charge >= 0.3 is 5.97 Å². The number of carbonyl (C=O) groups excluding carboxylic acids is 1. The van der Waals surface area contributed by atoms with E-state index in [1.165, 1.54) is 18.2 Å². The van der Waals surface area contributed by atoms with Crippen LogP contribution in [-0.2, 0) is 11.3 Å². The highest BCUT2D eigenvalue weighted by molar-refractivity contribution is 6.33. The van der Waals surface area contributed by atoms with Gasteiger partial charge in [0.1, 0.15) is 12.4 Å². The van der Waals surface area contributed by atoms with Crippen molar-refractivity contribution in [2.45, 2.75) is 6.61 Å². The van der Waals surface area contributed by atoms with Gasteiger partial charge in [-0.1, -0.05) is 29.8 Å². The number of hydrogen-bond acceptors (Lipinski definition) is 3. The fraction of sp³-hybridized carbons (Fsp3) is 0.0714. The zero-order valence-electron chi connectivity index (χ0n) is 9.90. The maximum absolute atomic E-state index is 13.3. The number of anilines is 1. The molecule has 0 heterocycles. The van der Waals surface area contributed by atoms with Crippen molar-refractivity contribution in [2.24, 2.45) is 0 Å². The van der Waals surface area contributed by atoms with Crippen LogP contribution >= 0.6 is 11.6 Å². The van der Waals surface area contributed by atoms with Crippen LogP contribution in [0.5, 0.6) is 0 Å². The van der Waals surface area contributed by atoms with Crippen LogP contribution in [0.4, 0.5) is 10.1 Å². The topological polar surface area (TPSA) is 52.3 Å². The minimum Gasteiger partial charge on any atom is -0.457 e. The highest BCUT2D eigenvalue weighted by Gasteiger charge is 2.13. The Kier molecular flexibility index (Phi) is 4.02. The van der Waals surface area contributed by atoms with E-state index in [-0.39, 0.29) is 17.2 Å². The number of rotatable bonds is 3. The summed E-state index contributed by atoms with van der Waals surface area (Å²) in [5.74, 6) is -1.06. The first-order chi connectivity index (χ1) is 9.08. The molecule has 0 aliphatic carbocycles. The number of nitrogens with two attached hydrogens (primary N) is 1. The van der Waals surface area contributed by atoms with Crippen LogP contribution in [-0.4, -0.2) is 5.97 Å². The summed E-state index contributed by atoms with van der Waals surface area (Å²) in [6.45, 7) is -0.156. The monoisotopic (exact) mass is 279 g/mol. The molecule has 0 aromatic heterocycles. The summed E-state index contributed by atoms with van der Waals surface area (Å²) < 4.78 is 18.4. The van der Waals surface area contributed by atoms with Crippen molar-refractivity contribution in [3.63, 3.8) is 0 Å². The second-order valence-electron chi connectivity index (χ2n) is 3.91. The lowest BCUT2D eigenvalue weighted by Crippen LogP contribution is -2.07. The number of halogens is 2. The maximum Gasteiger partial charge on any atom is 0.340 e. The predicted octanol–water partition coefficient (Wildman–Crippen LogP) is 3.42. The maximum atomic E-state index is 13.3. The van der Waals surface area contributed by atoms with E-state index in [0.717, 1.165) is 0 Å². The molecule has 0 amide bonds. The van der Waals surface area contributed by atoms with Gasteiger partial charge < -0.3 is 10.5 Å². The van der Waals surface area contributed by atoms with Crippen molar-refractivity contribution in [1.29, 1.82) is 0 Å². The molecule has 0 bridgehead atoms. The van der Waals surface area contributed by atoms with Gasteiger partial charge in [0.25, 0.3) is 0 Å². The van der Waals surface area contributed by atoms with E-state index in [2.05, 4.69) is 0 Å². The fourth-order valence-corrected chi connectivity index (χ4v) is 1.73. The molecule has 2 rings (SSSR count). The Morgan fingerprint density at radius 1 is 1.26 bits per heavy atom. The normalized spacial score (nSPS) is 10.2. The first-order valence-corrected chi connectivity index (χ1v) is 5.91. The SMILES string of the molecule is Nc1ccc(Cl)c(C(=O)OCc2ccccc2F)c1. The molecule has 0 saturated carbocycles. The second kappa shape index (κ2) is 5.71. The largest absolute Gasteiger partial charge is 0.457 e. The van der Waals surface area contributed by atoms with Crippen molar-refractivity contribution in [3.05, 3.63) is 64.4 Å². The molecule has 0 unspecified atom stereocenters. The molecular weight excluding hydrogens is 269 g/mol. The summed E-state index contributed by atoms with van der Waals surface area (Å²) in [5, 5.41) is 0.243. The Morgan fingerprint density at radius 2 is 2.00 bits per heavy atom. The zero-order valence-corrected chi connectivity index (χ0v) is 10.7. The number of hydrogen-bond donors (Lipinski definition) is 1. The molecular formula is C14H11ClFNO2. The quantitative estimate of drug-likeness (QED) is 0.692. The van der Waals surface area contributed by atoms with Crippen LogP contribution in [0.15, 0.2) is 42.5 Å². The Bertz CT molecular complexity index is 616. The van der Waals surface area contributed by atoms with Gasteiger partial charge in [0.2, 0.25) is 0 Å². The zero-order chi connectivity index (χ0) is 13.8. The molecule has 0 aliphatic rings. The number of ether oxygens (including phenoxy) is 1. The van der Waals surface area contributed by atoms with Crippen molar-refractivity contribution < 1.29 is 13.9 Å². The van der Waals surface area contributed by atoms with Crippen LogP contribution in [0.1, 0.15) is 15.9 Å². The molecule has 0 aliphatic heterocycles. The standard InChI is InChI=1S/C14H11ClFNO2/c15-12-6-5-10(17)7-11(12)14(18)19-8-9-3-1-2-4-13(9)16/h1-7H,8,17H2. The molecule has 0 fully saturated rings. The summed E-state index contributed by atoms with van der Waals surface area (Å²) in [4.78, 5) is 11.8. The number of benzene rings is 2. The summed E-state index contributed by atoms with van der Waals surface area (Å²) in [6, 6.07) is 10.6. The molecule has 3 nitrogen and oxygen atoms in total. The van der Waals surface area contributed by atoms with Crippen LogP contribution in [0, 0.1) is 5.82 Å². The highest BCUT2D eigenvalue weighted by Crippen LogP contribution is 2.20. The summed E-state index contributed by atoms with van der Waals surface area (Å²) >= 11 is 5.87. The fourth-order valence-electron chi connectivity index (χ4n) is 1.54. The summed E-state index contributed by atoms with van der Waals surface area (Å²) in [6.07, 6.45) is 0. The van der Waals surface area contributed by atoms with E-state index >= 15 is 0 Å². The van der Waals surface area contributed by atoms with E-state index in [1.54, 1.807) is 24.3 Å². The van der Waals surface area contributed by atoms with Gasteiger partial charge in [-0.2, -0.15) is 0 Å². The Balaban J connectivity index is 2.10. The minimum atomic E-state index is -0.638. The Morgan fingerprint density at radius 3 is 2.74 bits per heavy atom. The lowest BCUT2D eigenvalue weighted by Gasteiger charge is -2.07. The van der Waals surface area contributed by atoms with Crippen molar-refractivity contribution >= 4 is 23.3 Å². The third kappa shape index (κ3) is 3.23. The van der Waals surface area contributed by atoms with Crippen molar-refractivity contribution in [3.8, 4) is 0 Å². The average Bonchev–Trinajstić information content (AvgIpc) is 2.40. The van der Waals surface area contributed by atoms with Crippen molar-refractivity contribution in [1.82, 2.24) is 0 Å². The summed E-state index contributed by atoms with van der Waals surface area (Å²) in [5.41, 5.74) is 6.44. The second-order valence-corrected chi connectivity index (χ2v) is 4.31. The molecule has 98 valence electrons. The molecule has 19 heavy (non-hydrogen) atoms. The highest BCUT2D eigenvalue weighted by atomic mass is 35.5. The van der Waals surface area contributed by atoms with Crippen LogP contribution in [0.2, 0.25) is 5.02 Å². The lowest BCUT2D eigenvalue weighted by molar-refractivity contribution is 0.0469. The predicted molar refractivity (Wildman–Crippen MR) is 71.4 cm³/mol. The van der Waals surface area contributed by atoms with Gasteiger partial charge in [0.15, 0.2) is 0 Å². The van der Waals surface area contributed by atoms with Gasteiger partial charge in [0, 0.05) is 11.3 Å². The van der Waals surface area contributed by atoms with Crippen molar-refractivity contribution in [2.75, 3.05) is 5.73 Å². The van der Waals surface area contributed by atoms with Crippen LogP contribution in [0.25, 0.3) is 0 Å². The van der Waals surface area contributed by atoms with Gasteiger partial charge in [-0.25, -0.2) is 9.18 Å². The molecule has 2 aromatic rings. The number of esters is 1. The Hall–Kier alpha value is -2.07. The van der Waals surface area contributed by atoms with Gasteiger partial charge in [-0.3, -0.25) is 0 Å². The van der Waals surface area contributed by atoms with Gasteiger partial charge in [-0.05, 0) is 24.3 Å². The van der Waals surface area contributed by atoms with Gasteiger partial charge in [0.05, 0.1) is 10.6 Å². The molecule has 0 atom stereocenters. The number of carbonyl (C=O) groups is 1. The van der Waals surface area contributed by atoms with E-state index in [4.69, 9.17) is 22.1 Å². The molecule has 0 spiro atoms. The van der Waals surface area contributed by atoms with E-state index in [0.29, 0.717) is 11.3 Å². The average molecular weight is 280 g/mol. The van der Waals surface area contributed by atoms with Crippen LogP contribution < -0.4 is 5.73 Å². The van der Waals surface area contributed by atoms with E-state index in [9.17, 15) is 9.18 Å². The van der Waals surface area contributed by atoms with Gasteiger partial charge in [-0.15, -0.1) is 0 Å². The van der Waals surface area contributed by atoms with E-state index < -0.39 is 11.8 Å². The van der Waals surface area contributed by atoms with E-state index in [1.807, 2.05) is 0 Å². The third-order valence-electron chi connectivity index (χ3n) is 2.53. The van der Waals surface area contributed by atoms with Crippen LogP contribution in [0.3, 0.4) is 0 Å². The molecule has 0 radical (unpaired) electrons. The molecule has 2 N–H and O–H groups in total. The molecule has 0 saturated heterocycles. The first kappa shape index (κ1) is 13.4.